The van der Waals surface area contributed by atoms with Crippen LogP contribution in [0.1, 0.15) is 31.2 Å². The lowest BCUT2D eigenvalue weighted by atomic mass is 10.4. The van der Waals surface area contributed by atoms with Crippen LogP contribution in [0.4, 0.5) is 0 Å². The predicted molar refractivity (Wildman–Crippen MR) is 105 cm³/mol. The summed E-state index contributed by atoms with van der Waals surface area (Å²) in [5, 5.41) is 6.51. The zero-order chi connectivity index (χ0) is 18.6. The van der Waals surface area contributed by atoms with Gasteiger partial charge in [0.05, 0.1) is 32.1 Å². The first-order chi connectivity index (χ1) is 12.7. The topological polar surface area (TPSA) is 72.2 Å². The van der Waals surface area contributed by atoms with Crippen molar-refractivity contribution in [3.8, 4) is 0 Å². The molecule has 2 aromatic heterocycles. The van der Waals surface area contributed by atoms with Crippen LogP contribution in [0, 0.1) is 6.92 Å². The highest BCUT2D eigenvalue weighted by Gasteiger charge is 2.04. The van der Waals surface area contributed by atoms with E-state index in [0.717, 1.165) is 36.7 Å². The van der Waals surface area contributed by atoms with E-state index in [4.69, 9.17) is 9.47 Å². The van der Waals surface area contributed by atoms with E-state index in [1.807, 2.05) is 18.3 Å². The van der Waals surface area contributed by atoms with Crippen LogP contribution in [0.15, 0.2) is 29.4 Å². The van der Waals surface area contributed by atoms with Crippen LogP contribution in [-0.2, 0) is 16.0 Å². The Morgan fingerprint density at radius 2 is 1.96 bits per heavy atom. The Labute approximate surface area is 155 Å². The molecule has 0 aromatic carbocycles. The van der Waals surface area contributed by atoms with Gasteiger partial charge >= 0.3 is 0 Å². The van der Waals surface area contributed by atoms with Crippen LogP contribution >= 0.6 is 0 Å². The molecule has 0 saturated heterocycles. The summed E-state index contributed by atoms with van der Waals surface area (Å²) in [7, 11) is 1.76. The lowest BCUT2D eigenvalue weighted by Gasteiger charge is -2.11. The number of nitrogens with zero attached hydrogens (tertiary/aromatic N) is 3. The molecule has 2 N–H and O–H groups in total. The largest absolute Gasteiger partial charge is 0.379 e. The molecular formula is C19H31N5O2. The molecule has 0 aliphatic rings. The number of nitrogens with one attached hydrogen (secondary N) is 2. The lowest BCUT2D eigenvalue weighted by Crippen LogP contribution is -2.38. The zero-order valence-corrected chi connectivity index (χ0v) is 16.1. The number of fused-ring (bicyclic) bond motifs is 1. The summed E-state index contributed by atoms with van der Waals surface area (Å²) in [6, 6.07) is 6.10. The Kier molecular flexibility index (Phi) is 8.92. The number of aliphatic imine (C=N–C) groups is 1. The van der Waals surface area contributed by atoms with E-state index in [9.17, 15) is 0 Å². The smallest absolute Gasteiger partial charge is 0.191 e. The summed E-state index contributed by atoms with van der Waals surface area (Å²) in [4.78, 5) is 8.83. The van der Waals surface area contributed by atoms with Crippen molar-refractivity contribution in [2.75, 3.05) is 40.0 Å². The van der Waals surface area contributed by atoms with Gasteiger partial charge in [0.25, 0.3) is 0 Å². The highest BCUT2D eigenvalue weighted by Crippen LogP contribution is 2.08. The number of ether oxygens (including phenoxy) is 2. The van der Waals surface area contributed by atoms with Crippen molar-refractivity contribution in [2.24, 2.45) is 4.99 Å². The van der Waals surface area contributed by atoms with Crippen LogP contribution in [0.5, 0.6) is 0 Å². The van der Waals surface area contributed by atoms with E-state index in [1.165, 1.54) is 5.69 Å². The number of unbranched alkanes of at least 4 members (excludes halogenated alkanes) is 1. The number of hydrogen-bond donors (Lipinski definition) is 2. The summed E-state index contributed by atoms with van der Waals surface area (Å²) in [6.45, 7) is 8.25. The molecule has 144 valence electrons. The van der Waals surface area contributed by atoms with E-state index in [1.54, 1.807) is 7.05 Å². The second-order valence-corrected chi connectivity index (χ2v) is 6.06. The van der Waals surface area contributed by atoms with Gasteiger partial charge in [0.2, 0.25) is 0 Å². The predicted octanol–water partition coefficient (Wildman–Crippen LogP) is 2.14. The zero-order valence-electron chi connectivity index (χ0n) is 16.1. The first-order valence-corrected chi connectivity index (χ1v) is 9.28. The minimum absolute atomic E-state index is 0.616. The van der Waals surface area contributed by atoms with E-state index >= 15 is 0 Å². The Morgan fingerprint density at radius 1 is 1.15 bits per heavy atom. The van der Waals surface area contributed by atoms with Gasteiger partial charge in [0, 0.05) is 32.1 Å². The number of aryl methyl sites for hydroxylation is 1. The highest BCUT2D eigenvalue weighted by molar-refractivity contribution is 5.79. The van der Waals surface area contributed by atoms with Gasteiger partial charge in [-0.1, -0.05) is 19.4 Å². The van der Waals surface area contributed by atoms with Crippen LogP contribution in [0.3, 0.4) is 0 Å². The first-order valence-electron chi connectivity index (χ1n) is 9.28. The molecule has 0 aliphatic heterocycles. The number of pyridine rings is 1. The molecule has 0 spiro atoms. The van der Waals surface area contributed by atoms with Gasteiger partial charge in [0.15, 0.2) is 5.96 Å². The molecule has 0 fully saturated rings. The van der Waals surface area contributed by atoms with Gasteiger partial charge in [-0.15, -0.1) is 0 Å². The van der Waals surface area contributed by atoms with Crippen LogP contribution in [-0.4, -0.2) is 55.4 Å². The second-order valence-electron chi connectivity index (χ2n) is 6.06. The van der Waals surface area contributed by atoms with Gasteiger partial charge in [-0.2, -0.15) is 0 Å². The third-order valence-corrected chi connectivity index (χ3v) is 3.96. The molecule has 0 aliphatic carbocycles. The minimum Gasteiger partial charge on any atom is -0.379 e. The summed E-state index contributed by atoms with van der Waals surface area (Å²) in [5.41, 5.74) is 3.10. The van der Waals surface area contributed by atoms with Crippen LogP contribution in [0.25, 0.3) is 5.65 Å². The van der Waals surface area contributed by atoms with Crippen molar-refractivity contribution in [2.45, 2.75) is 33.2 Å². The van der Waals surface area contributed by atoms with Crippen LogP contribution < -0.4 is 10.6 Å². The van der Waals surface area contributed by atoms with Gasteiger partial charge in [-0.3, -0.25) is 4.99 Å². The summed E-state index contributed by atoms with van der Waals surface area (Å²) in [6.07, 6.45) is 4.31. The molecule has 0 saturated carbocycles. The molecule has 7 nitrogen and oxygen atoms in total. The highest BCUT2D eigenvalue weighted by atomic mass is 16.5. The van der Waals surface area contributed by atoms with E-state index in [2.05, 4.69) is 44.9 Å². The maximum Gasteiger partial charge on any atom is 0.191 e. The Hall–Kier alpha value is -2.12. The fraction of sp³-hybridized carbons (Fsp3) is 0.579. The van der Waals surface area contributed by atoms with Crippen molar-refractivity contribution < 1.29 is 9.47 Å². The summed E-state index contributed by atoms with van der Waals surface area (Å²) in [5.74, 6) is 0.738. The third-order valence-electron chi connectivity index (χ3n) is 3.96. The molecule has 2 rings (SSSR count). The number of hydrogen-bond acceptors (Lipinski definition) is 4. The molecule has 0 unspecified atom stereocenters. The van der Waals surface area contributed by atoms with E-state index in [0.29, 0.717) is 32.9 Å². The average Bonchev–Trinajstić information content (AvgIpc) is 3.07. The summed E-state index contributed by atoms with van der Waals surface area (Å²) < 4.78 is 13.1. The Morgan fingerprint density at radius 3 is 2.69 bits per heavy atom. The molecule has 0 amide bonds. The van der Waals surface area contributed by atoms with Crippen molar-refractivity contribution in [1.29, 1.82) is 0 Å². The number of aromatic nitrogens is 2. The molecule has 2 heterocycles. The molecule has 7 heteroatoms. The number of guanidine groups is 1. The second kappa shape index (κ2) is 11.5. The molecule has 26 heavy (non-hydrogen) atoms. The van der Waals surface area contributed by atoms with Gasteiger partial charge in [-0.05, 0) is 25.5 Å². The third kappa shape index (κ3) is 6.65. The molecule has 0 atom stereocenters. The lowest BCUT2D eigenvalue weighted by molar-refractivity contribution is 0.0487. The van der Waals surface area contributed by atoms with Crippen molar-refractivity contribution >= 4 is 11.6 Å². The number of rotatable bonds is 11. The van der Waals surface area contributed by atoms with E-state index < -0.39 is 0 Å². The normalized spacial score (nSPS) is 11.9. The Balaban J connectivity index is 1.62. The standard InChI is InChI=1S/C19H31N5O2/c1-4-5-10-25-12-13-26-11-9-21-19(20-3)22-14-17-15-24-16(2)7-6-8-18(24)23-17/h6-8,15H,4-5,9-14H2,1-3H3,(H2,20,21,22). The van der Waals surface area contributed by atoms with Gasteiger partial charge < -0.3 is 24.5 Å². The van der Waals surface area contributed by atoms with E-state index in [-0.39, 0.29) is 0 Å². The minimum atomic E-state index is 0.616. The molecule has 0 bridgehead atoms. The Bertz CT molecular complexity index is 684. The fourth-order valence-corrected chi connectivity index (χ4v) is 2.49. The van der Waals surface area contributed by atoms with Crippen LogP contribution in [0.2, 0.25) is 0 Å². The quantitative estimate of drug-likeness (QED) is 0.364. The maximum absolute atomic E-state index is 5.54. The monoisotopic (exact) mass is 361 g/mol. The first kappa shape index (κ1) is 20.2. The number of imidazole rings is 1. The van der Waals surface area contributed by atoms with Gasteiger partial charge in [0.1, 0.15) is 5.65 Å². The molecular weight excluding hydrogens is 330 g/mol. The van der Waals surface area contributed by atoms with Gasteiger partial charge in [-0.25, -0.2) is 4.98 Å². The SMILES string of the molecule is CCCCOCCOCCNC(=NC)NCc1cn2c(C)cccc2n1. The average molecular weight is 361 g/mol. The maximum atomic E-state index is 5.54. The van der Waals surface area contributed by atoms with Crippen molar-refractivity contribution in [1.82, 2.24) is 20.0 Å². The van der Waals surface area contributed by atoms with Crippen molar-refractivity contribution in [3.63, 3.8) is 0 Å². The molecule has 2 aromatic rings. The van der Waals surface area contributed by atoms with Crippen molar-refractivity contribution in [3.05, 3.63) is 35.8 Å². The summed E-state index contributed by atoms with van der Waals surface area (Å²) >= 11 is 0. The fourth-order valence-electron chi connectivity index (χ4n) is 2.49. The molecule has 0 radical (unpaired) electrons.